The van der Waals surface area contributed by atoms with Crippen molar-refractivity contribution in [2.75, 3.05) is 0 Å². The molecule has 52 heavy (non-hydrogen) atoms. The monoisotopic (exact) mass is 721 g/mol. The quantitative estimate of drug-likeness (QED) is 0.0543. The molecule has 2 nitrogen and oxygen atoms in total. The summed E-state index contributed by atoms with van der Waals surface area (Å²) in [6.07, 6.45) is 62.0. The summed E-state index contributed by atoms with van der Waals surface area (Å²) in [6.45, 7) is 9.39. The van der Waals surface area contributed by atoms with Gasteiger partial charge in [-0.15, -0.1) is 0 Å². The first-order chi connectivity index (χ1) is 25.5. The molecule has 1 heterocycles. The van der Waals surface area contributed by atoms with Crippen molar-refractivity contribution in [1.82, 2.24) is 0 Å². The fourth-order valence-electron chi connectivity index (χ4n) is 9.33. The lowest BCUT2D eigenvalue weighted by molar-refractivity contribution is -0.208. The normalized spacial score (nSPS) is 24.4. The predicted octanol–water partition coefficient (Wildman–Crippen LogP) is 16.5. The van der Waals surface area contributed by atoms with E-state index < -0.39 is 0 Å². The molecule has 0 bridgehead atoms. The van der Waals surface area contributed by atoms with Gasteiger partial charge in [0.25, 0.3) is 0 Å². The third kappa shape index (κ3) is 19.0. The molecule has 0 aromatic rings. The average molecular weight is 721 g/mol. The molecule has 3 rings (SSSR count). The summed E-state index contributed by atoms with van der Waals surface area (Å²) in [4.78, 5) is 0. The van der Waals surface area contributed by atoms with Crippen LogP contribution in [0.15, 0.2) is 48.6 Å². The second kappa shape index (κ2) is 28.3. The highest BCUT2D eigenvalue weighted by Crippen LogP contribution is 2.53. The predicted molar refractivity (Wildman–Crippen MR) is 229 cm³/mol. The molecule has 0 aromatic heterocycles. The lowest BCUT2D eigenvalue weighted by atomic mass is 9.66. The van der Waals surface area contributed by atoms with Crippen molar-refractivity contribution in [2.24, 2.45) is 17.3 Å². The van der Waals surface area contributed by atoms with Gasteiger partial charge in [0.05, 0.1) is 12.2 Å². The van der Waals surface area contributed by atoms with Gasteiger partial charge in [-0.1, -0.05) is 166 Å². The van der Waals surface area contributed by atoms with Gasteiger partial charge >= 0.3 is 0 Å². The van der Waals surface area contributed by atoms with Crippen LogP contribution in [0.5, 0.6) is 0 Å². The Balaban J connectivity index is 1.30. The molecule has 0 unspecified atom stereocenters. The molecule has 1 saturated heterocycles. The fraction of sp³-hybridized carbons (Fsp3) is 0.840. The van der Waals surface area contributed by atoms with Crippen molar-refractivity contribution in [2.45, 2.75) is 251 Å². The molecule has 3 fully saturated rings. The largest absolute Gasteiger partial charge is 0.344 e. The van der Waals surface area contributed by atoms with Crippen molar-refractivity contribution in [3.63, 3.8) is 0 Å². The summed E-state index contributed by atoms with van der Waals surface area (Å²) >= 11 is 0. The minimum Gasteiger partial charge on any atom is -0.344 e. The topological polar surface area (TPSA) is 18.5 Å². The molecule has 2 aliphatic carbocycles. The van der Waals surface area contributed by atoms with Gasteiger partial charge in [0.2, 0.25) is 0 Å². The molecule has 2 heteroatoms. The van der Waals surface area contributed by atoms with E-state index in [0.717, 1.165) is 37.5 Å². The zero-order valence-corrected chi connectivity index (χ0v) is 35.4. The Kier molecular flexibility index (Phi) is 24.6. The molecule has 1 aliphatic heterocycles. The van der Waals surface area contributed by atoms with E-state index in [1.807, 2.05) is 0 Å². The molecule has 0 N–H and O–H groups in total. The minimum absolute atomic E-state index is 0.263. The van der Waals surface area contributed by atoms with Crippen molar-refractivity contribution < 1.29 is 9.47 Å². The number of hydrogen-bond donors (Lipinski definition) is 0. The van der Waals surface area contributed by atoms with Gasteiger partial charge in [0, 0.05) is 12.8 Å². The van der Waals surface area contributed by atoms with Crippen LogP contribution >= 0.6 is 0 Å². The summed E-state index contributed by atoms with van der Waals surface area (Å²) in [6, 6.07) is 0. The third-order valence-electron chi connectivity index (χ3n) is 13.2. The molecule has 2 saturated carbocycles. The number of hydrogen-bond acceptors (Lipinski definition) is 2. The lowest BCUT2D eigenvalue weighted by Gasteiger charge is -2.44. The van der Waals surface area contributed by atoms with E-state index >= 15 is 0 Å². The first-order valence-electron chi connectivity index (χ1n) is 23.5. The van der Waals surface area contributed by atoms with Crippen LogP contribution < -0.4 is 0 Å². The fourth-order valence-corrected chi connectivity index (χ4v) is 9.33. The molecule has 0 radical (unpaired) electrons. The van der Waals surface area contributed by atoms with Gasteiger partial charge in [-0.25, -0.2) is 0 Å². The highest BCUT2D eigenvalue weighted by Gasteiger charge is 2.53. The standard InChI is InChI=1S/C50H88O2/c1-5-7-9-11-13-15-17-19-21-23-25-27-29-31-33-35-37-49(38-36-34-32-30-28-26-24-22-20-18-16-14-12-10-8-6-2)39-41-50(42-40-49)51-47-43-45(3)46(4)44-48(47)52-50/h13-16,19-22,45-48H,5-12,17-18,23-44H2,1-4H3/b15-13-,16-14-,21-19-,22-20-/t45-,46+,47-,48-/m0/s1. The average Bonchev–Trinajstić information content (AvgIpc) is 3.48. The Morgan fingerprint density at radius 1 is 0.423 bits per heavy atom. The second-order valence-electron chi connectivity index (χ2n) is 17.8. The lowest BCUT2D eigenvalue weighted by Crippen LogP contribution is -2.40. The zero-order valence-electron chi connectivity index (χ0n) is 35.4. The summed E-state index contributed by atoms with van der Waals surface area (Å²) in [5.41, 5.74) is 0.525. The molecular weight excluding hydrogens is 633 g/mol. The van der Waals surface area contributed by atoms with Crippen LogP contribution in [0.4, 0.5) is 0 Å². The Hall–Kier alpha value is -1.12. The molecule has 0 amide bonds. The van der Waals surface area contributed by atoms with Gasteiger partial charge in [-0.2, -0.15) is 0 Å². The van der Waals surface area contributed by atoms with E-state index in [1.165, 1.54) is 180 Å². The van der Waals surface area contributed by atoms with E-state index in [-0.39, 0.29) is 5.79 Å². The summed E-state index contributed by atoms with van der Waals surface area (Å²) < 4.78 is 13.7. The van der Waals surface area contributed by atoms with Crippen LogP contribution in [0.1, 0.15) is 233 Å². The van der Waals surface area contributed by atoms with Gasteiger partial charge in [0.1, 0.15) is 0 Å². The first-order valence-corrected chi connectivity index (χ1v) is 23.5. The van der Waals surface area contributed by atoms with E-state index in [1.54, 1.807) is 0 Å². The van der Waals surface area contributed by atoms with Crippen LogP contribution in [0.3, 0.4) is 0 Å². The number of allylic oxidation sites excluding steroid dienone is 8. The molecule has 4 atom stereocenters. The Labute approximate surface area is 325 Å². The van der Waals surface area contributed by atoms with Crippen molar-refractivity contribution in [3.8, 4) is 0 Å². The number of ether oxygens (including phenoxy) is 2. The van der Waals surface area contributed by atoms with Gasteiger partial charge in [-0.3, -0.25) is 0 Å². The molecule has 0 aromatic carbocycles. The van der Waals surface area contributed by atoms with E-state index in [0.29, 0.717) is 17.6 Å². The van der Waals surface area contributed by atoms with Gasteiger partial charge in [-0.05, 0) is 120 Å². The maximum absolute atomic E-state index is 6.84. The molecule has 3 aliphatic rings. The van der Waals surface area contributed by atoms with Crippen LogP contribution in [-0.4, -0.2) is 18.0 Å². The molecule has 1 spiro atoms. The van der Waals surface area contributed by atoms with Crippen LogP contribution in [0, 0.1) is 17.3 Å². The third-order valence-corrected chi connectivity index (χ3v) is 13.2. The van der Waals surface area contributed by atoms with Crippen molar-refractivity contribution in [3.05, 3.63) is 48.6 Å². The second-order valence-corrected chi connectivity index (χ2v) is 17.8. The maximum Gasteiger partial charge on any atom is 0.169 e. The van der Waals surface area contributed by atoms with Crippen molar-refractivity contribution in [1.29, 1.82) is 0 Å². The van der Waals surface area contributed by atoms with Gasteiger partial charge in [0.15, 0.2) is 5.79 Å². The summed E-state index contributed by atoms with van der Waals surface area (Å²) in [5.74, 6) is 1.26. The van der Waals surface area contributed by atoms with Crippen LogP contribution in [0.2, 0.25) is 0 Å². The van der Waals surface area contributed by atoms with Crippen LogP contribution in [0.25, 0.3) is 0 Å². The molecule has 300 valence electrons. The Bertz CT molecular complexity index is 895. The minimum atomic E-state index is -0.263. The Morgan fingerprint density at radius 3 is 1.15 bits per heavy atom. The van der Waals surface area contributed by atoms with Gasteiger partial charge < -0.3 is 9.47 Å². The van der Waals surface area contributed by atoms with E-state index in [9.17, 15) is 0 Å². The number of rotatable bonds is 30. The van der Waals surface area contributed by atoms with Crippen molar-refractivity contribution >= 4 is 0 Å². The first kappa shape index (κ1) is 45.3. The highest BCUT2D eigenvalue weighted by molar-refractivity contribution is 4.98. The van der Waals surface area contributed by atoms with Crippen LogP contribution in [-0.2, 0) is 9.47 Å². The number of fused-ring (bicyclic) bond motifs is 1. The SMILES string of the molecule is CCCCC/C=C\C/C=C\CCCCCCCCC1(CCCCCCCC/C=C\C/C=C\CCCCC)CCC2(CC1)O[C@H]1C[C@@H](C)[C@@H](C)C[C@@H]1O2. The van der Waals surface area contributed by atoms with E-state index in [4.69, 9.17) is 9.47 Å². The highest BCUT2D eigenvalue weighted by atomic mass is 16.8. The summed E-state index contributed by atoms with van der Waals surface area (Å²) in [7, 11) is 0. The maximum atomic E-state index is 6.84. The zero-order chi connectivity index (χ0) is 37.0. The Morgan fingerprint density at radius 2 is 0.769 bits per heavy atom. The molecular formula is C50H88O2. The summed E-state index contributed by atoms with van der Waals surface area (Å²) in [5, 5.41) is 0. The smallest absolute Gasteiger partial charge is 0.169 e. The van der Waals surface area contributed by atoms with E-state index in [2.05, 4.69) is 76.3 Å². The number of unbranched alkanes of at least 4 members (excludes halogenated alkanes) is 18.